The summed E-state index contributed by atoms with van der Waals surface area (Å²) in [6.07, 6.45) is 4.61. The Balaban J connectivity index is 2.12. The lowest BCUT2D eigenvalue weighted by atomic mass is 9.69. The van der Waals surface area contributed by atoms with Crippen LogP contribution in [0.3, 0.4) is 0 Å². The van der Waals surface area contributed by atoms with Crippen LogP contribution in [0.15, 0.2) is 30.6 Å². The van der Waals surface area contributed by atoms with E-state index in [1.807, 2.05) is 24.0 Å². The van der Waals surface area contributed by atoms with Crippen molar-refractivity contribution in [1.82, 2.24) is 4.57 Å². The molecule has 2 aromatic rings. The summed E-state index contributed by atoms with van der Waals surface area (Å²) in [4.78, 5) is 2.22. The highest BCUT2D eigenvalue weighted by Gasteiger charge is 2.58. The zero-order valence-corrected chi connectivity index (χ0v) is 13.0. The molecule has 1 unspecified atom stereocenters. The van der Waals surface area contributed by atoms with Crippen molar-refractivity contribution in [2.24, 2.45) is 7.05 Å². The van der Waals surface area contributed by atoms with Gasteiger partial charge in [0, 0.05) is 26.2 Å². The van der Waals surface area contributed by atoms with Crippen molar-refractivity contribution in [3.05, 3.63) is 36.2 Å². The average molecular weight is 286 g/mol. The van der Waals surface area contributed by atoms with Crippen LogP contribution in [-0.4, -0.2) is 18.2 Å². The molecule has 21 heavy (non-hydrogen) atoms. The number of anilines is 1. The molecule has 1 aromatic heterocycles. The van der Waals surface area contributed by atoms with E-state index >= 15 is 4.39 Å². The van der Waals surface area contributed by atoms with Crippen LogP contribution in [0.25, 0.3) is 11.4 Å². The molecule has 4 rings (SSSR count). The van der Waals surface area contributed by atoms with Gasteiger partial charge in [0.2, 0.25) is 0 Å². The van der Waals surface area contributed by atoms with Gasteiger partial charge in [-0.3, -0.25) is 0 Å². The molecule has 2 aliphatic rings. The van der Waals surface area contributed by atoms with E-state index in [1.165, 1.54) is 5.69 Å². The third-order valence-electron chi connectivity index (χ3n) is 5.69. The molecule has 0 aliphatic carbocycles. The second kappa shape index (κ2) is 3.67. The fourth-order valence-electron chi connectivity index (χ4n) is 3.95. The maximum atomic E-state index is 15.9. The van der Waals surface area contributed by atoms with Crippen LogP contribution >= 0.6 is 0 Å². The third-order valence-corrected chi connectivity index (χ3v) is 5.69. The number of hydrogen-bond donors (Lipinski definition) is 0. The minimum Gasteiger partial charge on any atom is -0.375 e. The van der Waals surface area contributed by atoms with Crippen molar-refractivity contribution in [2.45, 2.75) is 31.5 Å². The predicted molar refractivity (Wildman–Crippen MR) is 81.0 cm³/mol. The molecule has 0 spiro atoms. The lowest BCUT2D eigenvalue weighted by molar-refractivity contribution is -0.660. The standard InChI is InChI=1S/C17H21FN3/c1-16-7-8-19(3)12-5-6-13(14(16)11-12)15-20(4)9-10-21(15)17(16,2)18/h5-6,9-11H,7-8H2,1-4H3/q+1/t16?,17-/m1/s1. The Morgan fingerprint density at radius 1 is 1.29 bits per heavy atom. The van der Waals surface area contributed by atoms with E-state index in [0.29, 0.717) is 0 Å². The normalized spacial score (nSPS) is 30.0. The van der Waals surface area contributed by atoms with Crippen LogP contribution in [-0.2, 0) is 18.3 Å². The van der Waals surface area contributed by atoms with Crippen LogP contribution in [0, 0.1) is 0 Å². The van der Waals surface area contributed by atoms with Gasteiger partial charge in [0.25, 0.3) is 11.6 Å². The molecular formula is C17H21FN3+. The summed E-state index contributed by atoms with van der Waals surface area (Å²) in [6, 6.07) is 6.46. The molecule has 3 nitrogen and oxygen atoms in total. The van der Waals surface area contributed by atoms with E-state index in [-0.39, 0.29) is 0 Å². The molecule has 2 bridgehead atoms. The highest BCUT2D eigenvalue weighted by molar-refractivity contribution is 5.70. The molecule has 3 heterocycles. The summed E-state index contributed by atoms with van der Waals surface area (Å²) < 4.78 is 19.7. The molecule has 2 aliphatic heterocycles. The van der Waals surface area contributed by atoms with Gasteiger partial charge in [-0.25, -0.2) is 4.57 Å². The van der Waals surface area contributed by atoms with Gasteiger partial charge >= 0.3 is 0 Å². The monoisotopic (exact) mass is 286 g/mol. The Kier molecular flexibility index (Phi) is 2.25. The second-order valence-electron chi connectivity index (χ2n) is 6.79. The maximum Gasteiger partial charge on any atom is 0.291 e. The first-order valence-electron chi connectivity index (χ1n) is 7.49. The molecule has 0 saturated carbocycles. The highest BCUT2D eigenvalue weighted by Crippen LogP contribution is 2.53. The van der Waals surface area contributed by atoms with Crippen molar-refractivity contribution in [3.8, 4) is 11.4 Å². The minimum absolute atomic E-state index is 0.512. The number of halogens is 1. The van der Waals surface area contributed by atoms with Crippen LogP contribution in [0.2, 0.25) is 0 Å². The van der Waals surface area contributed by atoms with E-state index in [1.54, 1.807) is 11.5 Å². The molecule has 0 saturated heterocycles. The van der Waals surface area contributed by atoms with E-state index in [0.717, 1.165) is 29.9 Å². The van der Waals surface area contributed by atoms with E-state index in [9.17, 15) is 0 Å². The fourth-order valence-corrected chi connectivity index (χ4v) is 3.95. The van der Waals surface area contributed by atoms with Gasteiger partial charge in [-0.05, 0) is 37.1 Å². The van der Waals surface area contributed by atoms with Crippen LogP contribution in [0.4, 0.5) is 10.1 Å². The first kappa shape index (κ1) is 12.9. The van der Waals surface area contributed by atoms with Crippen LogP contribution < -0.4 is 9.47 Å². The van der Waals surface area contributed by atoms with Gasteiger partial charge in [-0.1, -0.05) is 0 Å². The zero-order chi connectivity index (χ0) is 15.0. The van der Waals surface area contributed by atoms with Crippen molar-refractivity contribution in [2.75, 3.05) is 18.5 Å². The SMILES string of the molecule is CN1CCC2(C)c3cc1ccc3-c1n(cc[n+]1C)[C@@]2(C)F. The molecule has 2 atom stereocenters. The molecule has 0 radical (unpaired) electrons. The Labute approximate surface area is 124 Å². The molecule has 4 heteroatoms. The van der Waals surface area contributed by atoms with Crippen LogP contribution in [0.5, 0.6) is 0 Å². The molecule has 1 aromatic carbocycles. The summed E-state index contributed by atoms with van der Waals surface area (Å²) in [5.74, 6) is -0.482. The summed E-state index contributed by atoms with van der Waals surface area (Å²) in [7, 11) is 4.06. The Morgan fingerprint density at radius 2 is 2.05 bits per heavy atom. The van der Waals surface area contributed by atoms with E-state index in [2.05, 4.69) is 37.1 Å². The van der Waals surface area contributed by atoms with Crippen molar-refractivity contribution in [1.29, 1.82) is 0 Å². The van der Waals surface area contributed by atoms with Gasteiger partial charge in [-0.2, -0.15) is 8.96 Å². The molecule has 110 valence electrons. The number of aryl methyl sites for hydroxylation is 1. The smallest absolute Gasteiger partial charge is 0.291 e. The Bertz CT molecular complexity index is 746. The van der Waals surface area contributed by atoms with Crippen LogP contribution in [0.1, 0.15) is 25.8 Å². The van der Waals surface area contributed by atoms with Gasteiger partial charge in [-0.15, -0.1) is 0 Å². The molecule has 0 fully saturated rings. The average Bonchev–Trinajstić information content (AvgIpc) is 2.80. The maximum absolute atomic E-state index is 15.9. The number of alkyl halides is 1. The zero-order valence-electron chi connectivity index (χ0n) is 13.0. The lowest BCUT2D eigenvalue weighted by Gasteiger charge is -2.42. The number of rotatable bonds is 0. The topological polar surface area (TPSA) is 12.1 Å². The minimum atomic E-state index is -1.43. The third kappa shape index (κ3) is 1.36. The number of benzene rings is 1. The molecular weight excluding hydrogens is 265 g/mol. The van der Waals surface area contributed by atoms with Crippen molar-refractivity contribution in [3.63, 3.8) is 0 Å². The number of nitrogens with zero attached hydrogens (tertiary/aromatic N) is 3. The summed E-state index contributed by atoms with van der Waals surface area (Å²) in [5.41, 5.74) is 2.95. The Hall–Kier alpha value is -1.84. The number of fused-ring (bicyclic) bond motifs is 3. The first-order chi connectivity index (χ1) is 9.86. The largest absolute Gasteiger partial charge is 0.375 e. The summed E-state index contributed by atoms with van der Waals surface area (Å²) in [6.45, 7) is 4.65. The highest BCUT2D eigenvalue weighted by atomic mass is 19.1. The van der Waals surface area contributed by atoms with Gasteiger partial charge < -0.3 is 4.90 Å². The number of imidazole rings is 1. The van der Waals surface area contributed by atoms with Gasteiger partial charge in [0.15, 0.2) is 0 Å². The van der Waals surface area contributed by atoms with Gasteiger partial charge in [0.05, 0.1) is 18.0 Å². The van der Waals surface area contributed by atoms with E-state index in [4.69, 9.17) is 0 Å². The molecule has 0 N–H and O–H groups in total. The quantitative estimate of drug-likeness (QED) is 0.678. The summed E-state index contributed by atoms with van der Waals surface area (Å²) in [5, 5.41) is 0. The van der Waals surface area contributed by atoms with Gasteiger partial charge in [0.1, 0.15) is 12.4 Å². The first-order valence-corrected chi connectivity index (χ1v) is 7.49. The predicted octanol–water partition coefficient (Wildman–Crippen LogP) is 2.73. The van der Waals surface area contributed by atoms with Crippen molar-refractivity contribution >= 4 is 5.69 Å². The van der Waals surface area contributed by atoms with E-state index < -0.39 is 11.2 Å². The lowest BCUT2D eigenvalue weighted by Crippen LogP contribution is -2.51. The second-order valence-corrected chi connectivity index (χ2v) is 6.79. The van der Waals surface area contributed by atoms with Crippen molar-refractivity contribution < 1.29 is 8.96 Å². The summed E-state index contributed by atoms with van der Waals surface area (Å²) >= 11 is 0. The Morgan fingerprint density at radius 3 is 2.81 bits per heavy atom. The fraction of sp³-hybridized carbons (Fsp3) is 0.471. The molecule has 0 amide bonds. The number of aromatic nitrogens is 2. The number of hydrogen-bond acceptors (Lipinski definition) is 1.